The minimum Gasteiger partial charge on any atom is -0.482 e. The van der Waals surface area contributed by atoms with E-state index in [1.807, 2.05) is 0 Å². The smallest absolute Gasteiger partial charge is 0.264 e. The molecule has 32 heavy (non-hydrogen) atoms. The molecule has 2 N–H and O–H groups in total. The van der Waals surface area contributed by atoms with Crippen LogP contribution >= 0.6 is 46.3 Å². The second-order valence-corrected chi connectivity index (χ2v) is 9.23. The van der Waals surface area contributed by atoms with Gasteiger partial charge >= 0.3 is 0 Å². The zero-order valence-electron chi connectivity index (χ0n) is 16.1. The molecule has 0 saturated carbocycles. The van der Waals surface area contributed by atoms with E-state index in [2.05, 4.69) is 20.8 Å². The summed E-state index contributed by atoms with van der Waals surface area (Å²) in [5, 5.41) is 14.3. The van der Waals surface area contributed by atoms with Crippen molar-refractivity contribution in [2.24, 2.45) is 0 Å². The van der Waals surface area contributed by atoms with Gasteiger partial charge in [-0.1, -0.05) is 46.3 Å². The summed E-state index contributed by atoms with van der Waals surface area (Å²) < 4.78 is 16.4. The summed E-state index contributed by atoms with van der Waals surface area (Å²) in [4.78, 5) is 24.3. The number of amides is 2. The van der Waals surface area contributed by atoms with E-state index in [-0.39, 0.29) is 25.1 Å². The van der Waals surface area contributed by atoms with Crippen molar-refractivity contribution >= 4 is 68.9 Å². The summed E-state index contributed by atoms with van der Waals surface area (Å²) in [6.07, 6.45) is 0. The molecule has 166 valence electrons. The van der Waals surface area contributed by atoms with Crippen LogP contribution in [-0.2, 0) is 9.59 Å². The number of rotatable bonds is 8. The number of hydrogen-bond donors (Lipinski definition) is 2. The fourth-order valence-electron chi connectivity index (χ4n) is 2.51. The van der Waals surface area contributed by atoms with Crippen molar-refractivity contribution in [3.8, 4) is 17.2 Å². The minimum absolute atomic E-state index is 0.120. The topological polar surface area (TPSA) is 112 Å². The summed E-state index contributed by atoms with van der Waals surface area (Å²) >= 11 is 14.2. The second kappa shape index (κ2) is 10.3. The van der Waals surface area contributed by atoms with Crippen molar-refractivity contribution in [1.82, 2.24) is 10.2 Å². The molecule has 0 unspecified atom stereocenters. The zero-order chi connectivity index (χ0) is 22.5. The average molecular weight is 513 g/mol. The number of fused-ring (bicyclic) bond motifs is 1. The van der Waals surface area contributed by atoms with E-state index in [1.165, 1.54) is 17.8 Å². The van der Waals surface area contributed by atoms with E-state index >= 15 is 0 Å². The van der Waals surface area contributed by atoms with Crippen LogP contribution < -0.4 is 24.8 Å². The Balaban J connectivity index is 1.22. The molecule has 0 spiro atoms. The summed E-state index contributed by atoms with van der Waals surface area (Å²) in [5.74, 6) is 1.04. The van der Waals surface area contributed by atoms with Gasteiger partial charge in [0.25, 0.3) is 5.91 Å². The molecule has 2 amide bonds. The lowest BCUT2D eigenvalue weighted by Gasteiger charge is -2.07. The SMILES string of the molecule is O=C(CSc1nnc(NC(=O)COc2ccc(Cl)cc2Cl)s1)Nc1ccc2c(c1)OCO2. The Morgan fingerprint density at radius 2 is 1.91 bits per heavy atom. The van der Waals surface area contributed by atoms with Crippen molar-refractivity contribution in [2.45, 2.75) is 4.34 Å². The minimum atomic E-state index is -0.427. The van der Waals surface area contributed by atoms with E-state index in [0.29, 0.717) is 42.5 Å². The average Bonchev–Trinajstić information content (AvgIpc) is 3.40. The van der Waals surface area contributed by atoms with Crippen molar-refractivity contribution in [1.29, 1.82) is 0 Å². The zero-order valence-corrected chi connectivity index (χ0v) is 19.2. The second-order valence-electron chi connectivity index (χ2n) is 6.19. The standard InChI is InChI=1S/C19H14Cl2N4O5S2/c20-10-1-3-13(12(21)5-10)28-7-16(26)23-18-24-25-19(32-18)31-8-17(27)22-11-2-4-14-15(6-11)30-9-29-14/h1-6H,7-9H2,(H,22,27)(H,23,24,26). The van der Waals surface area contributed by atoms with Crippen LogP contribution in [0.5, 0.6) is 17.2 Å². The fraction of sp³-hybridized carbons (Fsp3) is 0.158. The molecule has 0 bridgehead atoms. The Hall–Kier alpha value is -2.73. The van der Waals surface area contributed by atoms with Gasteiger partial charge in [-0.05, 0) is 30.3 Å². The Kier molecular flexibility index (Phi) is 7.20. The van der Waals surface area contributed by atoms with Crippen molar-refractivity contribution in [3.05, 3.63) is 46.4 Å². The first-order chi connectivity index (χ1) is 15.5. The lowest BCUT2D eigenvalue weighted by Crippen LogP contribution is -2.20. The van der Waals surface area contributed by atoms with Crippen LogP contribution in [0, 0.1) is 0 Å². The summed E-state index contributed by atoms with van der Waals surface area (Å²) in [6.45, 7) is -0.0964. The van der Waals surface area contributed by atoms with Crippen molar-refractivity contribution in [2.75, 3.05) is 29.8 Å². The number of hydrogen-bond acceptors (Lipinski definition) is 9. The normalized spacial score (nSPS) is 11.8. The van der Waals surface area contributed by atoms with E-state index in [0.717, 1.165) is 11.3 Å². The van der Waals surface area contributed by atoms with Crippen LogP contribution in [0.25, 0.3) is 0 Å². The molecule has 3 aromatic rings. The van der Waals surface area contributed by atoms with Gasteiger partial charge < -0.3 is 19.5 Å². The van der Waals surface area contributed by atoms with Crippen LogP contribution in [0.1, 0.15) is 0 Å². The number of halogens is 2. The van der Waals surface area contributed by atoms with Crippen molar-refractivity contribution in [3.63, 3.8) is 0 Å². The Morgan fingerprint density at radius 3 is 2.75 bits per heavy atom. The maximum Gasteiger partial charge on any atom is 0.264 e. The molecular formula is C19H14Cl2N4O5S2. The lowest BCUT2D eigenvalue weighted by molar-refractivity contribution is -0.118. The van der Waals surface area contributed by atoms with Gasteiger partial charge in [-0.25, -0.2) is 0 Å². The van der Waals surface area contributed by atoms with E-state index in [4.69, 9.17) is 37.4 Å². The number of nitrogens with one attached hydrogen (secondary N) is 2. The molecule has 1 aromatic heterocycles. The number of anilines is 2. The third kappa shape index (κ3) is 5.94. The molecule has 1 aliphatic heterocycles. The number of benzene rings is 2. The quantitative estimate of drug-likeness (QED) is 0.339. The molecule has 0 fully saturated rings. The van der Waals surface area contributed by atoms with Gasteiger partial charge in [-0.15, -0.1) is 10.2 Å². The third-order valence-corrected chi connectivity index (χ3v) is 6.39. The predicted molar refractivity (Wildman–Crippen MR) is 122 cm³/mol. The van der Waals surface area contributed by atoms with Gasteiger partial charge in [0.05, 0.1) is 10.8 Å². The molecule has 13 heteroatoms. The van der Waals surface area contributed by atoms with Crippen LogP contribution in [0.2, 0.25) is 10.0 Å². The summed E-state index contributed by atoms with van der Waals surface area (Å²) in [6, 6.07) is 9.86. The lowest BCUT2D eigenvalue weighted by atomic mass is 10.3. The van der Waals surface area contributed by atoms with Gasteiger partial charge in [0.1, 0.15) is 5.75 Å². The molecule has 0 aliphatic carbocycles. The fourth-order valence-corrected chi connectivity index (χ4v) is 4.54. The van der Waals surface area contributed by atoms with Crippen LogP contribution in [0.15, 0.2) is 40.7 Å². The monoisotopic (exact) mass is 512 g/mol. The van der Waals surface area contributed by atoms with Gasteiger partial charge in [-0.2, -0.15) is 0 Å². The first-order valence-corrected chi connectivity index (χ1v) is 11.6. The molecule has 0 radical (unpaired) electrons. The van der Waals surface area contributed by atoms with E-state index < -0.39 is 5.91 Å². The molecule has 9 nitrogen and oxygen atoms in total. The maximum atomic E-state index is 12.2. The van der Waals surface area contributed by atoms with Gasteiger partial charge in [0.15, 0.2) is 22.4 Å². The molecule has 4 rings (SSSR count). The maximum absolute atomic E-state index is 12.2. The first kappa shape index (κ1) is 22.5. The Labute approximate surface area is 200 Å². The highest BCUT2D eigenvalue weighted by molar-refractivity contribution is 8.01. The predicted octanol–water partition coefficient (Wildman–Crippen LogP) is 4.32. The van der Waals surface area contributed by atoms with E-state index in [9.17, 15) is 9.59 Å². The number of nitrogens with zero attached hydrogens (tertiary/aromatic N) is 2. The Bertz CT molecular complexity index is 1160. The molecule has 2 heterocycles. The third-order valence-electron chi connectivity index (χ3n) is 3.89. The highest BCUT2D eigenvalue weighted by atomic mass is 35.5. The molecule has 1 aliphatic rings. The number of aromatic nitrogens is 2. The highest BCUT2D eigenvalue weighted by Gasteiger charge is 2.15. The first-order valence-electron chi connectivity index (χ1n) is 9.00. The summed E-state index contributed by atoms with van der Waals surface area (Å²) in [5.41, 5.74) is 0.603. The highest BCUT2D eigenvalue weighted by Crippen LogP contribution is 2.34. The van der Waals surface area contributed by atoms with Crippen LogP contribution in [-0.4, -0.2) is 41.2 Å². The van der Waals surface area contributed by atoms with Crippen LogP contribution in [0.3, 0.4) is 0 Å². The molecular weight excluding hydrogens is 499 g/mol. The summed E-state index contributed by atoms with van der Waals surface area (Å²) in [7, 11) is 0. The van der Waals surface area contributed by atoms with Gasteiger partial charge in [0, 0.05) is 16.8 Å². The van der Waals surface area contributed by atoms with Crippen molar-refractivity contribution < 1.29 is 23.8 Å². The molecule has 2 aromatic carbocycles. The molecule has 0 saturated heterocycles. The Morgan fingerprint density at radius 1 is 1.06 bits per heavy atom. The largest absolute Gasteiger partial charge is 0.482 e. The number of thioether (sulfide) groups is 1. The van der Waals surface area contributed by atoms with E-state index in [1.54, 1.807) is 30.3 Å². The van der Waals surface area contributed by atoms with Gasteiger partial charge in [0.2, 0.25) is 17.8 Å². The number of ether oxygens (including phenoxy) is 3. The van der Waals surface area contributed by atoms with Crippen LogP contribution in [0.4, 0.5) is 10.8 Å². The molecule has 0 atom stereocenters. The van der Waals surface area contributed by atoms with Gasteiger partial charge in [-0.3, -0.25) is 14.9 Å². The number of carbonyl (C=O) groups excluding carboxylic acids is 2. The number of carbonyl (C=O) groups is 2.